The number of ether oxygens (including phenoxy) is 1. The second kappa shape index (κ2) is 6.39. The Kier molecular flexibility index (Phi) is 5.15. The number of carbonyl (C=O) groups is 1. The summed E-state index contributed by atoms with van der Waals surface area (Å²) in [6.45, 7) is 1.42. The predicted octanol–water partition coefficient (Wildman–Crippen LogP) is 1.34. The minimum Gasteiger partial charge on any atom is -0.493 e. The van der Waals surface area contributed by atoms with Gasteiger partial charge in [0.05, 0.1) is 17.4 Å². The van der Waals surface area contributed by atoms with E-state index >= 15 is 0 Å². The second-order valence-corrected chi connectivity index (χ2v) is 6.48. The van der Waals surface area contributed by atoms with Gasteiger partial charge in [-0.2, -0.15) is 0 Å². The summed E-state index contributed by atoms with van der Waals surface area (Å²) < 4.78 is 28.7. The van der Waals surface area contributed by atoms with E-state index in [2.05, 4.69) is 0 Å². The zero-order valence-electron chi connectivity index (χ0n) is 10.1. The number of carboxylic acid groups (broad SMARTS) is 1. The first kappa shape index (κ1) is 14.5. The van der Waals surface area contributed by atoms with E-state index in [-0.39, 0.29) is 18.8 Å². The van der Waals surface area contributed by atoms with Gasteiger partial charge in [-0.25, -0.2) is 8.42 Å². The summed E-state index contributed by atoms with van der Waals surface area (Å²) in [5.74, 6) is -0.704. The van der Waals surface area contributed by atoms with Crippen LogP contribution in [-0.2, 0) is 14.6 Å². The molecule has 0 aliphatic carbocycles. The van der Waals surface area contributed by atoms with Crippen LogP contribution in [0.25, 0.3) is 0 Å². The molecule has 1 N–H and O–H groups in total. The van der Waals surface area contributed by atoms with Gasteiger partial charge in [-0.05, 0) is 19.1 Å². The molecule has 0 saturated heterocycles. The molecule has 0 aromatic heterocycles. The first-order valence-electron chi connectivity index (χ1n) is 5.53. The number of rotatable bonds is 7. The molecule has 0 aliphatic rings. The van der Waals surface area contributed by atoms with E-state index < -0.39 is 21.1 Å². The highest BCUT2D eigenvalue weighted by Crippen LogP contribution is 2.10. The summed E-state index contributed by atoms with van der Waals surface area (Å²) >= 11 is 0. The molecule has 5 nitrogen and oxygen atoms in total. The number of para-hydroxylation sites is 1. The Bertz CT molecular complexity index is 480. The largest absolute Gasteiger partial charge is 0.493 e. The van der Waals surface area contributed by atoms with Gasteiger partial charge in [0, 0.05) is 0 Å². The predicted molar refractivity (Wildman–Crippen MR) is 67.4 cm³/mol. The highest BCUT2D eigenvalue weighted by Gasteiger charge is 2.23. The lowest BCUT2D eigenvalue weighted by Gasteiger charge is -2.11. The van der Waals surface area contributed by atoms with E-state index in [0.717, 1.165) is 0 Å². The molecule has 18 heavy (non-hydrogen) atoms. The van der Waals surface area contributed by atoms with Crippen molar-refractivity contribution in [3.05, 3.63) is 30.3 Å². The van der Waals surface area contributed by atoms with Crippen LogP contribution < -0.4 is 4.74 Å². The van der Waals surface area contributed by atoms with Gasteiger partial charge < -0.3 is 9.84 Å². The molecule has 0 spiro atoms. The van der Waals surface area contributed by atoms with Crippen molar-refractivity contribution in [1.29, 1.82) is 0 Å². The lowest BCUT2D eigenvalue weighted by molar-refractivity contribution is -0.136. The maximum atomic E-state index is 11.7. The van der Waals surface area contributed by atoms with Crippen molar-refractivity contribution in [2.45, 2.75) is 18.6 Å². The van der Waals surface area contributed by atoms with Crippen molar-refractivity contribution in [3.8, 4) is 5.75 Å². The molecular formula is C12H16O5S. The monoisotopic (exact) mass is 272 g/mol. The van der Waals surface area contributed by atoms with Crippen LogP contribution in [0.4, 0.5) is 0 Å². The fourth-order valence-corrected chi connectivity index (χ4v) is 2.48. The molecule has 100 valence electrons. The molecule has 0 radical (unpaired) electrons. The molecule has 1 unspecified atom stereocenters. The number of carboxylic acids is 1. The number of hydrogen-bond donors (Lipinski definition) is 1. The molecule has 1 aromatic carbocycles. The Labute approximate surface area is 106 Å². The van der Waals surface area contributed by atoms with E-state index in [1.807, 2.05) is 6.07 Å². The number of hydrogen-bond acceptors (Lipinski definition) is 4. The normalized spacial score (nSPS) is 12.9. The van der Waals surface area contributed by atoms with Crippen molar-refractivity contribution < 1.29 is 23.1 Å². The van der Waals surface area contributed by atoms with E-state index in [1.165, 1.54) is 6.92 Å². The van der Waals surface area contributed by atoms with Gasteiger partial charge >= 0.3 is 5.97 Å². The van der Waals surface area contributed by atoms with E-state index in [9.17, 15) is 13.2 Å². The first-order valence-corrected chi connectivity index (χ1v) is 7.24. The Morgan fingerprint density at radius 2 is 1.94 bits per heavy atom. The smallest absolute Gasteiger partial charge is 0.304 e. The van der Waals surface area contributed by atoms with E-state index in [0.29, 0.717) is 5.75 Å². The van der Waals surface area contributed by atoms with Crippen molar-refractivity contribution >= 4 is 15.8 Å². The molecule has 1 rings (SSSR count). The second-order valence-electron chi connectivity index (χ2n) is 3.94. The fraction of sp³-hybridized carbons (Fsp3) is 0.417. The summed E-state index contributed by atoms with van der Waals surface area (Å²) in [4.78, 5) is 10.5. The Hall–Kier alpha value is -1.56. The third kappa shape index (κ3) is 4.75. The maximum Gasteiger partial charge on any atom is 0.304 e. The van der Waals surface area contributed by atoms with Crippen LogP contribution in [0, 0.1) is 0 Å². The topological polar surface area (TPSA) is 80.7 Å². The Balaban J connectivity index is 2.45. The number of benzene rings is 1. The summed E-state index contributed by atoms with van der Waals surface area (Å²) in [5.41, 5.74) is 0. The van der Waals surface area contributed by atoms with Crippen molar-refractivity contribution in [2.75, 3.05) is 12.4 Å². The molecule has 0 bridgehead atoms. The van der Waals surface area contributed by atoms with Gasteiger partial charge in [0.2, 0.25) is 0 Å². The van der Waals surface area contributed by atoms with Gasteiger partial charge in [-0.15, -0.1) is 0 Å². The van der Waals surface area contributed by atoms with Crippen LogP contribution >= 0.6 is 0 Å². The SMILES string of the molecule is CC(CC(=O)O)S(=O)(=O)CCOc1ccccc1. The molecule has 1 aromatic rings. The highest BCUT2D eigenvalue weighted by molar-refractivity contribution is 7.92. The molecule has 0 fully saturated rings. The summed E-state index contributed by atoms with van der Waals surface area (Å²) in [6.07, 6.45) is -0.381. The maximum absolute atomic E-state index is 11.7. The van der Waals surface area contributed by atoms with E-state index in [4.69, 9.17) is 9.84 Å². The Morgan fingerprint density at radius 1 is 1.33 bits per heavy atom. The molecule has 0 heterocycles. The van der Waals surface area contributed by atoms with Crippen molar-refractivity contribution in [1.82, 2.24) is 0 Å². The standard InChI is InChI=1S/C12H16O5S/c1-10(9-12(13)14)18(15,16)8-7-17-11-5-3-2-4-6-11/h2-6,10H,7-9H2,1H3,(H,13,14). The van der Waals surface area contributed by atoms with Crippen LogP contribution in [0.2, 0.25) is 0 Å². The van der Waals surface area contributed by atoms with Crippen molar-refractivity contribution in [2.24, 2.45) is 0 Å². The highest BCUT2D eigenvalue weighted by atomic mass is 32.2. The fourth-order valence-electron chi connectivity index (χ4n) is 1.37. The van der Waals surface area contributed by atoms with Gasteiger partial charge in [0.15, 0.2) is 9.84 Å². The summed E-state index contributed by atoms with van der Waals surface area (Å²) in [5, 5.41) is 7.66. The summed E-state index contributed by atoms with van der Waals surface area (Å²) in [7, 11) is -3.43. The number of sulfone groups is 1. The van der Waals surface area contributed by atoms with Crippen molar-refractivity contribution in [3.63, 3.8) is 0 Å². The molecule has 1 atom stereocenters. The van der Waals surface area contributed by atoms with Crippen LogP contribution in [-0.4, -0.2) is 37.1 Å². The molecule has 6 heteroatoms. The van der Waals surface area contributed by atoms with Crippen LogP contribution in [0.3, 0.4) is 0 Å². The Morgan fingerprint density at radius 3 is 2.50 bits per heavy atom. The van der Waals surface area contributed by atoms with Crippen LogP contribution in [0.15, 0.2) is 30.3 Å². The zero-order valence-corrected chi connectivity index (χ0v) is 10.9. The minimum absolute atomic E-state index is 0.0241. The molecular weight excluding hydrogens is 256 g/mol. The van der Waals surface area contributed by atoms with Crippen LogP contribution in [0.1, 0.15) is 13.3 Å². The first-order chi connectivity index (χ1) is 8.42. The third-order valence-corrected chi connectivity index (χ3v) is 4.58. The lowest BCUT2D eigenvalue weighted by atomic mass is 10.3. The average molecular weight is 272 g/mol. The van der Waals surface area contributed by atoms with Gasteiger partial charge in [-0.3, -0.25) is 4.79 Å². The zero-order chi connectivity index (χ0) is 13.6. The quantitative estimate of drug-likeness (QED) is 0.810. The molecule has 0 amide bonds. The average Bonchev–Trinajstić information content (AvgIpc) is 2.29. The summed E-state index contributed by atoms with van der Waals surface area (Å²) in [6, 6.07) is 8.87. The number of aliphatic carboxylic acids is 1. The minimum atomic E-state index is -3.43. The lowest BCUT2D eigenvalue weighted by Crippen LogP contribution is -2.26. The molecule has 0 saturated carbocycles. The van der Waals surface area contributed by atoms with Gasteiger partial charge in [0.1, 0.15) is 12.4 Å². The third-order valence-electron chi connectivity index (χ3n) is 2.45. The van der Waals surface area contributed by atoms with Crippen LogP contribution in [0.5, 0.6) is 5.75 Å². The van der Waals surface area contributed by atoms with Gasteiger partial charge in [-0.1, -0.05) is 18.2 Å². The van der Waals surface area contributed by atoms with Gasteiger partial charge in [0.25, 0.3) is 0 Å². The molecule has 0 aliphatic heterocycles. The van der Waals surface area contributed by atoms with E-state index in [1.54, 1.807) is 24.3 Å².